The molecule has 7 nitrogen and oxygen atoms in total. The molecule has 1 unspecified atom stereocenters. The average Bonchev–Trinajstić information content (AvgIpc) is 3.31. The maximum absolute atomic E-state index is 12.5. The first-order valence-electron chi connectivity index (χ1n) is 8.87. The summed E-state index contributed by atoms with van der Waals surface area (Å²) in [4.78, 5) is 18.4. The van der Waals surface area contributed by atoms with Crippen molar-refractivity contribution in [3.63, 3.8) is 0 Å². The van der Waals surface area contributed by atoms with Crippen molar-refractivity contribution in [2.45, 2.75) is 38.8 Å². The number of nitrogens with one attached hydrogen (secondary N) is 1. The van der Waals surface area contributed by atoms with Gasteiger partial charge < -0.3 is 15.0 Å². The molecule has 1 aliphatic heterocycles. The number of carbonyl (C=O) groups is 1. The molecule has 3 rings (SSSR count). The van der Waals surface area contributed by atoms with Crippen molar-refractivity contribution in [3.8, 4) is 5.75 Å². The smallest absolute Gasteiger partial charge is 0.317 e. The number of aromatic nitrogens is 3. The number of urea groups is 1. The highest BCUT2D eigenvalue weighted by atomic mass is 16.5. The molecule has 7 heteroatoms. The molecule has 0 aliphatic carbocycles. The van der Waals surface area contributed by atoms with E-state index in [9.17, 15) is 4.79 Å². The fourth-order valence-corrected chi connectivity index (χ4v) is 3.20. The quantitative estimate of drug-likeness (QED) is 0.785. The second-order valence-corrected chi connectivity index (χ2v) is 6.10. The molecule has 25 heavy (non-hydrogen) atoms. The summed E-state index contributed by atoms with van der Waals surface area (Å²) in [5.74, 6) is 0.869. The van der Waals surface area contributed by atoms with Crippen molar-refractivity contribution in [2.75, 3.05) is 19.7 Å². The van der Waals surface area contributed by atoms with Crippen molar-refractivity contribution in [1.29, 1.82) is 0 Å². The highest BCUT2D eigenvalue weighted by Gasteiger charge is 2.29. The normalized spacial score (nSPS) is 16.8. The molecule has 1 aromatic carbocycles. The Morgan fingerprint density at radius 2 is 2.20 bits per heavy atom. The zero-order valence-corrected chi connectivity index (χ0v) is 14.6. The van der Waals surface area contributed by atoms with Gasteiger partial charge in [-0.2, -0.15) is 5.10 Å². The molecule has 1 aliphatic rings. The zero-order chi connectivity index (χ0) is 17.5. The summed E-state index contributed by atoms with van der Waals surface area (Å²) >= 11 is 0. The van der Waals surface area contributed by atoms with Gasteiger partial charge in [0.05, 0.1) is 12.6 Å². The minimum atomic E-state index is 0.00924. The maximum Gasteiger partial charge on any atom is 0.317 e. The molecule has 2 aromatic rings. The van der Waals surface area contributed by atoms with Gasteiger partial charge in [0.2, 0.25) is 0 Å². The number of likely N-dealkylation sites (tertiary alicyclic amines) is 1. The van der Waals surface area contributed by atoms with E-state index in [4.69, 9.17) is 4.74 Å². The molecule has 1 atom stereocenters. The van der Waals surface area contributed by atoms with Crippen LogP contribution >= 0.6 is 0 Å². The lowest BCUT2D eigenvalue weighted by Crippen LogP contribution is -2.40. The van der Waals surface area contributed by atoms with Crippen molar-refractivity contribution >= 4 is 6.03 Å². The van der Waals surface area contributed by atoms with Crippen LogP contribution in [0, 0.1) is 0 Å². The van der Waals surface area contributed by atoms with Crippen LogP contribution in [-0.2, 0) is 6.54 Å². The molecule has 1 aromatic heterocycles. The van der Waals surface area contributed by atoms with E-state index >= 15 is 0 Å². The van der Waals surface area contributed by atoms with Gasteiger partial charge in [0.1, 0.15) is 18.4 Å². The van der Waals surface area contributed by atoms with E-state index in [0.29, 0.717) is 13.2 Å². The highest BCUT2D eigenvalue weighted by Crippen LogP contribution is 2.32. The van der Waals surface area contributed by atoms with Gasteiger partial charge in [0.25, 0.3) is 0 Å². The van der Waals surface area contributed by atoms with Crippen molar-refractivity contribution in [3.05, 3.63) is 42.5 Å². The fourth-order valence-electron chi connectivity index (χ4n) is 3.20. The van der Waals surface area contributed by atoms with Crippen LogP contribution in [0.2, 0.25) is 0 Å². The Labute approximate surface area is 148 Å². The monoisotopic (exact) mass is 343 g/mol. The third kappa shape index (κ3) is 4.49. The van der Waals surface area contributed by atoms with Crippen LogP contribution in [0.3, 0.4) is 0 Å². The second kappa shape index (κ2) is 8.50. The largest absolute Gasteiger partial charge is 0.494 e. The molecule has 2 heterocycles. The van der Waals surface area contributed by atoms with E-state index in [0.717, 1.165) is 38.1 Å². The zero-order valence-electron chi connectivity index (χ0n) is 14.6. The molecule has 1 N–H and O–H groups in total. The summed E-state index contributed by atoms with van der Waals surface area (Å²) in [6.07, 6.45) is 6.07. The van der Waals surface area contributed by atoms with Crippen molar-refractivity contribution in [1.82, 2.24) is 25.0 Å². The molecule has 1 fully saturated rings. The Balaban J connectivity index is 1.50. The number of benzene rings is 1. The molecule has 0 saturated carbocycles. The third-order valence-corrected chi connectivity index (χ3v) is 4.40. The first kappa shape index (κ1) is 17.3. The van der Waals surface area contributed by atoms with E-state index < -0.39 is 0 Å². The van der Waals surface area contributed by atoms with E-state index in [1.165, 1.54) is 11.9 Å². The SMILES string of the molecule is CCOc1ccc(C2CCCN2C(=O)NCCCn2cncn2)cc1. The van der Waals surface area contributed by atoms with Crippen LogP contribution in [0.4, 0.5) is 4.79 Å². The van der Waals surface area contributed by atoms with E-state index in [1.54, 1.807) is 11.0 Å². The fraction of sp³-hybridized carbons (Fsp3) is 0.500. The maximum atomic E-state index is 12.5. The number of rotatable bonds is 7. The van der Waals surface area contributed by atoms with E-state index in [2.05, 4.69) is 27.5 Å². The van der Waals surface area contributed by atoms with Gasteiger partial charge in [-0.25, -0.2) is 9.78 Å². The number of ether oxygens (including phenoxy) is 1. The van der Waals surface area contributed by atoms with Crippen LogP contribution in [-0.4, -0.2) is 45.4 Å². The first-order valence-corrected chi connectivity index (χ1v) is 8.87. The van der Waals surface area contributed by atoms with Gasteiger partial charge in [-0.05, 0) is 43.9 Å². The number of nitrogens with zero attached hydrogens (tertiary/aromatic N) is 4. The predicted octanol–water partition coefficient (Wildman–Crippen LogP) is 2.61. The summed E-state index contributed by atoms with van der Waals surface area (Å²) < 4.78 is 7.26. The number of carbonyl (C=O) groups excluding carboxylic acids is 1. The number of aryl methyl sites for hydroxylation is 1. The molecule has 134 valence electrons. The Morgan fingerprint density at radius 3 is 2.92 bits per heavy atom. The summed E-state index contributed by atoms with van der Waals surface area (Å²) in [5.41, 5.74) is 1.17. The van der Waals surface area contributed by atoms with Crippen molar-refractivity contribution < 1.29 is 9.53 Å². The Hall–Kier alpha value is -2.57. The van der Waals surface area contributed by atoms with E-state index in [1.807, 2.05) is 24.0 Å². The van der Waals surface area contributed by atoms with Gasteiger partial charge in [0, 0.05) is 19.6 Å². The van der Waals surface area contributed by atoms with Crippen LogP contribution in [0.25, 0.3) is 0 Å². The summed E-state index contributed by atoms with van der Waals surface area (Å²) in [6.45, 7) is 4.81. The van der Waals surface area contributed by atoms with Gasteiger partial charge in [0.15, 0.2) is 0 Å². The summed E-state index contributed by atoms with van der Waals surface area (Å²) in [5, 5.41) is 7.07. The van der Waals surface area contributed by atoms with Gasteiger partial charge in [-0.15, -0.1) is 0 Å². The Bertz CT molecular complexity index is 657. The van der Waals surface area contributed by atoms with Crippen LogP contribution in [0.1, 0.15) is 37.8 Å². The molecule has 2 amide bonds. The van der Waals surface area contributed by atoms with E-state index in [-0.39, 0.29) is 12.1 Å². The summed E-state index contributed by atoms with van der Waals surface area (Å²) in [6, 6.07) is 8.23. The molecular weight excluding hydrogens is 318 g/mol. The third-order valence-electron chi connectivity index (χ3n) is 4.40. The minimum absolute atomic E-state index is 0.00924. The number of amides is 2. The molecule has 0 bridgehead atoms. The standard InChI is InChI=1S/C18H25N5O2/c1-2-25-16-8-6-15(7-9-16)17-5-3-12-23(17)18(24)20-10-4-11-22-14-19-13-21-22/h6-9,13-14,17H,2-5,10-12H2,1H3,(H,20,24). The van der Waals surface area contributed by atoms with Crippen LogP contribution in [0.15, 0.2) is 36.9 Å². The Kier molecular flexibility index (Phi) is 5.87. The lowest BCUT2D eigenvalue weighted by Gasteiger charge is -2.25. The predicted molar refractivity (Wildman–Crippen MR) is 94.3 cm³/mol. The molecular formula is C18H25N5O2. The van der Waals surface area contributed by atoms with Crippen LogP contribution in [0.5, 0.6) is 5.75 Å². The van der Waals surface area contributed by atoms with Gasteiger partial charge in [-0.1, -0.05) is 12.1 Å². The van der Waals surface area contributed by atoms with Gasteiger partial charge in [-0.3, -0.25) is 4.68 Å². The second-order valence-electron chi connectivity index (χ2n) is 6.10. The first-order chi connectivity index (χ1) is 12.3. The minimum Gasteiger partial charge on any atom is -0.494 e. The Morgan fingerprint density at radius 1 is 1.36 bits per heavy atom. The molecule has 0 spiro atoms. The van der Waals surface area contributed by atoms with Gasteiger partial charge >= 0.3 is 6.03 Å². The van der Waals surface area contributed by atoms with Crippen molar-refractivity contribution in [2.24, 2.45) is 0 Å². The lowest BCUT2D eigenvalue weighted by atomic mass is 10.0. The summed E-state index contributed by atoms with van der Waals surface area (Å²) in [7, 11) is 0. The molecule has 0 radical (unpaired) electrons. The lowest BCUT2D eigenvalue weighted by molar-refractivity contribution is 0.192. The topological polar surface area (TPSA) is 72.3 Å². The van der Waals surface area contributed by atoms with Crippen LogP contribution < -0.4 is 10.1 Å². The molecule has 1 saturated heterocycles. The number of hydrogen-bond acceptors (Lipinski definition) is 4. The highest BCUT2D eigenvalue weighted by molar-refractivity contribution is 5.75. The average molecular weight is 343 g/mol. The number of hydrogen-bond donors (Lipinski definition) is 1.